The van der Waals surface area contributed by atoms with Crippen LogP contribution in [0.2, 0.25) is 0 Å². The van der Waals surface area contributed by atoms with Gasteiger partial charge in [0, 0.05) is 16.5 Å². The van der Waals surface area contributed by atoms with Gasteiger partial charge in [-0.15, -0.1) is 0 Å². The minimum atomic E-state index is -0.335. The van der Waals surface area contributed by atoms with Gasteiger partial charge in [-0.25, -0.2) is 4.79 Å². The van der Waals surface area contributed by atoms with Gasteiger partial charge in [0.2, 0.25) is 0 Å². The van der Waals surface area contributed by atoms with Crippen LogP contribution in [0.15, 0.2) is 54.6 Å². The molecule has 0 fully saturated rings. The van der Waals surface area contributed by atoms with Crippen molar-refractivity contribution in [2.24, 2.45) is 0 Å². The molecule has 0 saturated heterocycles. The van der Waals surface area contributed by atoms with Crippen molar-refractivity contribution in [1.82, 2.24) is 4.98 Å². The molecule has 25 heavy (non-hydrogen) atoms. The molecule has 0 aliphatic heterocycles. The minimum Gasteiger partial charge on any atom is -0.464 e. The Kier molecular flexibility index (Phi) is 2.98. The van der Waals surface area contributed by atoms with Gasteiger partial charge in [-0.05, 0) is 46.4 Å². The van der Waals surface area contributed by atoms with Crippen molar-refractivity contribution in [1.29, 1.82) is 0 Å². The topological polar surface area (TPSA) is 42.1 Å². The molecule has 1 aromatic heterocycles. The van der Waals surface area contributed by atoms with Crippen molar-refractivity contribution in [3.05, 3.63) is 71.4 Å². The van der Waals surface area contributed by atoms with Gasteiger partial charge in [-0.3, -0.25) is 0 Å². The molecule has 122 valence electrons. The van der Waals surface area contributed by atoms with Gasteiger partial charge >= 0.3 is 5.97 Å². The number of aromatic amines is 1. The summed E-state index contributed by atoms with van der Waals surface area (Å²) in [4.78, 5) is 15.8. The molecule has 1 N–H and O–H groups in total. The molecule has 0 unspecified atom stereocenters. The molecular weight excluding hydrogens is 310 g/mol. The van der Waals surface area contributed by atoms with Gasteiger partial charge in [0.05, 0.1) is 7.11 Å². The largest absolute Gasteiger partial charge is 0.464 e. The highest BCUT2D eigenvalue weighted by Gasteiger charge is 2.24. The maximum atomic E-state index is 12.4. The lowest BCUT2D eigenvalue weighted by molar-refractivity contribution is 0.0596. The molecule has 0 radical (unpaired) electrons. The zero-order valence-electron chi connectivity index (χ0n) is 13.9. The average molecular weight is 327 g/mol. The van der Waals surface area contributed by atoms with E-state index in [1.807, 2.05) is 30.3 Å². The van der Waals surface area contributed by atoms with Crippen LogP contribution < -0.4 is 0 Å². The molecule has 0 spiro atoms. The molecule has 3 aromatic carbocycles. The number of rotatable bonds is 2. The van der Waals surface area contributed by atoms with Crippen LogP contribution in [0.1, 0.15) is 21.6 Å². The van der Waals surface area contributed by atoms with Crippen LogP contribution in [-0.4, -0.2) is 18.1 Å². The number of nitrogens with one attached hydrogen (secondary N) is 1. The highest BCUT2D eigenvalue weighted by molar-refractivity contribution is 6.20. The van der Waals surface area contributed by atoms with E-state index >= 15 is 0 Å². The van der Waals surface area contributed by atoms with Crippen LogP contribution in [0.25, 0.3) is 32.8 Å². The van der Waals surface area contributed by atoms with E-state index in [9.17, 15) is 4.79 Å². The highest BCUT2D eigenvalue weighted by Crippen LogP contribution is 2.42. The number of aryl methyl sites for hydroxylation is 2. The Hall–Kier alpha value is -3.07. The zero-order valence-corrected chi connectivity index (χ0v) is 13.9. The summed E-state index contributed by atoms with van der Waals surface area (Å²) in [6, 6.07) is 18.7. The molecule has 0 saturated carbocycles. The van der Waals surface area contributed by atoms with Crippen molar-refractivity contribution < 1.29 is 9.53 Å². The van der Waals surface area contributed by atoms with Gasteiger partial charge in [-0.2, -0.15) is 0 Å². The van der Waals surface area contributed by atoms with Crippen LogP contribution in [0, 0.1) is 0 Å². The van der Waals surface area contributed by atoms with Crippen LogP contribution in [-0.2, 0) is 17.6 Å². The lowest BCUT2D eigenvalue weighted by Gasteiger charge is -2.07. The van der Waals surface area contributed by atoms with Crippen LogP contribution in [0.4, 0.5) is 0 Å². The Bertz CT molecular complexity index is 1140. The monoisotopic (exact) mass is 327 g/mol. The summed E-state index contributed by atoms with van der Waals surface area (Å²) in [6.45, 7) is 0. The van der Waals surface area contributed by atoms with Gasteiger partial charge < -0.3 is 9.72 Å². The summed E-state index contributed by atoms with van der Waals surface area (Å²) in [5.41, 5.74) is 6.23. The molecule has 0 amide bonds. The molecule has 3 heteroatoms. The fourth-order valence-corrected chi connectivity index (χ4v) is 4.16. The highest BCUT2D eigenvalue weighted by atomic mass is 16.5. The normalized spacial score (nSPS) is 12.8. The third-order valence-electron chi connectivity index (χ3n) is 5.20. The maximum absolute atomic E-state index is 12.4. The number of aromatic nitrogens is 1. The van der Waals surface area contributed by atoms with Gasteiger partial charge in [0.1, 0.15) is 5.69 Å². The number of esters is 1. The first-order chi connectivity index (χ1) is 12.3. The fraction of sp³-hybridized carbons (Fsp3) is 0.136. The second-order valence-corrected chi connectivity index (χ2v) is 6.53. The van der Waals surface area contributed by atoms with Crippen LogP contribution in [0.3, 0.4) is 0 Å². The van der Waals surface area contributed by atoms with Crippen molar-refractivity contribution in [2.45, 2.75) is 12.8 Å². The van der Waals surface area contributed by atoms with E-state index in [0.717, 1.165) is 34.9 Å². The van der Waals surface area contributed by atoms with Crippen LogP contribution in [0.5, 0.6) is 0 Å². The van der Waals surface area contributed by atoms with Crippen molar-refractivity contribution in [3.8, 4) is 11.1 Å². The fourth-order valence-electron chi connectivity index (χ4n) is 4.16. The Morgan fingerprint density at radius 3 is 2.56 bits per heavy atom. The Labute approximate surface area is 145 Å². The zero-order chi connectivity index (χ0) is 17.0. The molecule has 0 atom stereocenters. The van der Waals surface area contributed by atoms with Crippen molar-refractivity contribution >= 4 is 27.6 Å². The molecule has 1 aliphatic rings. The van der Waals surface area contributed by atoms with Crippen molar-refractivity contribution in [3.63, 3.8) is 0 Å². The number of benzene rings is 3. The summed E-state index contributed by atoms with van der Waals surface area (Å²) in [5, 5.41) is 3.67. The standard InChI is InChI=1S/C22H17NO2/c1-25-22(24)21-19(13-6-3-2-4-7-13)20-16-9-5-8-14-10-11-15(18(14)16)12-17(20)23-21/h2-9,12,23H,10-11H2,1H3. The number of methoxy groups -OCH3 is 1. The minimum absolute atomic E-state index is 0.335. The number of fused-ring (bicyclic) bond motifs is 2. The molecule has 3 nitrogen and oxygen atoms in total. The van der Waals surface area contributed by atoms with Gasteiger partial charge in [-0.1, -0.05) is 48.5 Å². The number of hydrogen-bond donors (Lipinski definition) is 1. The first-order valence-corrected chi connectivity index (χ1v) is 8.51. The lowest BCUT2D eigenvalue weighted by atomic mass is 9.95. The molecule has 0 bridgehead atoms. The van der Waals surface area contributed by atoms with Gasteiger partial charge in [0.15, 0.2) is 0 Å². The second kappa shape index (κ2) is 5.21. The average Bonchev–Trinajstić information content (AvgIpc) is 3.25. The Balaban J connectivity index is 1.98. The molecule has 1 aliphatic carbocycles. The molecule has 4 aromatic rings. The number of hydrogen-bond acceptors (Lipinski definition) is 2. The first-order valence-electron chi connectivity index (χ1n) is 8.51. The number of carbonyl (C=O) groups excluding carboxylic acids is 1. The van der Waals surface area contributed by atoms with E-state index < -0.39 is 0 Å². The summed E-state index contributed by atoms with van der Waals surface area (Å²) in [6.07, 6.45) is 2.14. The molecule has 1 heterocycles. The SMILES string of the molecule is COC(=O)c1[nH]c2cc3c4c(cccc4c2c1-c1ccccc1)CC3. The van der Waals surface area contributed by atoms with Crippen LogP contribution >= 0.6 is 0 Å². The Morgan fingerprint density at radius 2 is 1.76 bits per heavy atom. The summed E-state index contributed by atoms with van der Waals surface area (Å²) in [7, 11) is 1.42. The van der Waals surface area contributed by atoms with E-state index in [4.69, 9.17) is 4.74 Å². The number of H-pyrrole nitrogens is 1. The van der Waals surface area contributed by atoms with E-state index in [1.54, 1.807) is 0 Å². The van der Waals surface area contributed by atoms with E-state index in [1.165, 1.54) is 29.0 Å². The Morgan fingerprint density at radius 1 is 0.960 bits per heavy atom. The summed E-state index contributed by atoms with van der Waals surface area (Å²) in [5.74, 6) is -0.335. The summed E-state index contributed by atoms with van der Waals surface area (Å²) >= 11 is 0. The number of carbonyl (C=O) groups is 1. The third-order valence-corrected chi connectivity index (χ3v) is 5.20. The predicted molar refractivity (Wildman–Crippen MR) is 100.0 cm³/mol. The van der Waals surface area contributed by atoms with E-state index in [-0.39, 0.29) is 5.97 Å². The smallest absolute Gasteiger partial charge is 0.355 e. The quantitative estimate of drug-likeness (QED) is 0.534. The maximum Gasteiger partial charge on any atom is 0.355 e. The first kappa shape index (κ1) is 14.3. The van der Waals surface area contributed by atoms with Gasteiger partial charge in [0.25, 0.3) is 0 Å². The third kappa shape index (κ3) is 1.96. The number of ether oxygens (including phenoxy) is 1. The van der Waals surface area contributed by atoms with E-state index in [2.05, 4.69) is 29.2 Å². The molecular formula is C22H17NO2. The van der Waals surface area contributed by atoms with Crippen molar-refractivity contribution in [2.75, 3.05) is 7.11 Å². The van der Waals surface area contributed by atoms with E-state index in [0.29, 0.717) is 5.69 Å². The lowest BCUT2D eigenvalue weighted by Crippen LogP contribution is -2.03. The molecule has 5 rings (SSSR count). The second-order valence-electron chi connectivity index (χ2n) is 6.53. The summed E-state index contributed by atoms with van der Waals surface area (Å²) < 4.78 is 5.04. The predicted octanol–water partition coefficient (Wildman–Crippen LogP) is 4.87.